The number of nitrogens with zero attached hydrogens (tertiary/aromatic N) is 5. The highest BCUT2D eigenvalue weighted by atomic mass is 16.5. The predicted molar refractivity (Wildman–Crippen MR) is 128 cm³/mol. The highest BCUT2D eigenvalue weighted by Gasteiger charge is 2.06. The molecule has 3 aromatic rings. The smallest absolute Gasteiger partial charge is 0.0887 e. The largest absolute Gasteiger partial charge is 0.395 e. The maximum atomic E-state index is 9.28. The van der Waals surface area contributed by atoms with Gasteiger partial charge in [0.2, 0.25) is 0 Å². The summed E-state index contributed by atoms with van der Waals surface area (Å²) in [5, 5.41) is 26.7. The Morgan fingerprint density at radius 3 is 2.06 bits per heavy atom. The Morgan fingerprint density at radius 1 is 0.750 bits per heavy atom. The van der Waals surface area contributed by atoms with Crippen LogP contribution in [0.15, 0.2) is 87.2 Å². The second-order valence-electron chi connectivity index (χ2n) is 7.38. The Morgan fingerprint density at radius 2 is 1.41 bits per heavy atom. The van der Waals surface area contributed by atoms with Crippen LogP contribution in [-0.2, 0) is 4.74 Å². The molecule has 0 spiro atoms. The van der Waals surface area contributed by atoms with Crippen molar-refractivity contribution in [2.45, 2.75) is 13.8 Å². The maximum Gasteiger partial charge on any atom is 0.0887 e. The number of anilines is 1. The van der Waals surface area contributed by atoms with Gasteiger partial charge in [-0.1, -0.05) is 18.2 Å². The second kappa shape index (κ2) is 11.8. The van der Waals surface area contributed by atoms with Crippen LogP contribution in [0.4, 0.5) is 28.4 Å². The number of aliphatic hydroxyl groups is 1. The molecule has 1 N–H and O–H groups in total. The molecule has 0 fully saturated rings. The number of ether oxygens (including phenoxy) is 1. The van der Waals surface area contributed by atoms with Crippen LogP contribution in [0.1, 0.15) is 11.1 Å². The van der Waals surface area contributed by atoms with Crippen molar-refractivity contribution in [3.63, 3.8) is 0 Å². The molecule has 0 aliphatic rings. The third kappa shape index (κ3) is 6.54. The highest BCUT2D eigenvalue weighted by Crippen LogP contribution is 2.28. The van der Waals surface area contributed by atoms with Crippen molar-refractivity contribution in [2.75, 3.05) is 38.3 Å². The molecule has 0 radical (unpaired) electrons. The van der Waals surface area contributed by atoms with Crippen LogP contribution in [0, 0.1) is 13.8 Å². The van der Waals surface area contributed by atoms with Gasteiger partial charge in [0.15, 0.2) is 0 Å². The highest BCUT2D eigenvalue weighted by molar-refractivity contribution is 5.55. The van der Waals surface area contributed by atoms with E-state index < -0.39 is 0 Å². The van der Waals surface area contributed by atoms with E-state index in [4.69, 9.17) is 4.74 Å². The molecule has 0 heterocycles. The van der Waals surface area contributed by atoms with Crippen LogP contribution >= 0.6 is 0 Å². The van der Waals surface area contributed by atoms with E-state index in [0.29, 0.717) is 19.7 Å². The van der Waals surface area contributed by atoms with E-state index in [0.717, 1.165) is 39.6 Å². The fourth-order valence-corrected chi connectivity index (χ4v) is 3.14. The fraction of sp³-hybridized carbons (Fsp3) is 0.280. The SMILES string of the molecule is COCCN(CCO)c1ccc(N=Nc2ccc(N=Nc3ccccc3C)cc2C)cc1. The van der Waals surface area contributed by atoms with Gasteiger partial charge >= 0.3 is 0 Å². The van der Waals surface area contributed by atoms with E-state index in [9.17, 15) is 5.11 Å². The molecule has 0 saturated heterocycles. The van der Waals surface area contributed by atoms with Gasteiger partial charge < -0.3 is 14.7 Å². The van der Waals surface area contributed by atoms with E-state index in [1.807, 2.05) is 80.6 Å². The summed E-state index contributed by atoms with van der Waals surface area (Å²) >= 11 is 0. The van der Waals surface area contributed by atoms with Crippen molar-refractivity contribution in [2.24, 2.45) is 20.5 Å². The monoisotopic (exact) mass is 431 g/mol. The summed E-state index contributed by atoms with van der Waals surface area (Å²) < 4.78 is 5.14. The molecule has 3 rings (SSSR count). The Hall–Kier alpha value is -3.42. The first-order valence-electron chi connectivity index (χ1n) is 10.6. The third-order valence-electron chi connectivity index (χ3n) is 4.99. The lowest BCUT2D eigenvalue weighted by Gasteiger charge is -2.23. The van der Waals surface area contributed by atoms with Crippen molar-refractivity contribution in [1.29, 1.82) is 0 Å². The molecular formula is C25H29N5O2. The van der Waals surface area contributed by atoms with Gasteiger partial charge in [0.05, 0.1) is 36.0 Å². The molecule has 0 bridgehead atoms. The van der Waals surface area contributed by atoms with Crippen LogP contribution in [-0.4, -0.2) is 38.5 Å². The molecule has 0 aliphatic heterocycles. The molecule has 7 heteroatoms. The number of aliphatic hydroxyl groups excluding tert-OH is 1. The summed E-state index contributed by atoms with van der Waals surface area (Å²) in [5.74, 6) is 0. The summed E-state index contributed by atoms with van der Waals surface area (Å²) in [4.78, 5) is 2.07. The van der Waals surface area contributed by atoms with Crippen molar-refractivity contribution >= 4 is 28.4 Å². The molecule has 0 aliphatic carbocycles. The first-order valence-corrected chi connectivity index (χ1v) is 10.6. The lowest BCUT2D eigenvalue weighted by Crippen LogP contribution is -2.29. The zero-order chi connectivity index (χ0) is 22.8. The van der Waals surface area contributed by atoms with Crippen LogP contribution in [0.25, 0.3) is 0 Å². The second-order valence-corrected chi connectivity index (χ2v) is 7.38. The van der Waals surface area contributed by atoms with Crippen molar-refractivity contribution in [1.82, 2.24) is 0 Å². The lowest BCUT2D eigenvalue weighted by molar-refractivity contribution is 0.203. The number of hydrogen-bond donors (Lipinski definition) is 1. The summed E-state index contributed by atoms with van der Waals surface area (Å²) in [6.45, 7) is 5.94. The molecule has 7 nitrogen and oxygen atoms in total. The average Bonchev–Trinajstić information content (AvgIpc) is 2.81. The number of benzene rings is 3. The summed E-state index contributed by atoms with van der Waals surface area (Å²) in [6, 6.07) is 21.4. The fourth-order valence-electron chi connectivity index (χ4n) is 3.14. The standard InChI is InChI=1S/C25H29N5O2/c1-19-6-4-5-7-24(19)28-27-22-10-13-25(20(2)18-22)29-26-21-8-11-23(12-9-21)30(14-16-31)15-17-32-3/h4-13,18,31H,14-17H2,1-3H3. The minimum atomic E-state index is 0.0883. The van der Waals surface area contributed by atoms with E-state index >= 15 is 0 Å². The summed E-state index contributed by atoms with van der Waals surface area (Å²) in [6.07, 6.45) is 0. The Balaban J connectivity index is 1.67. The van der Waals surface area contributed by atoms with Crippen molar-refractivity contribution < 1.29 is 9.84 Å². The van der Waals surface area contributed by atoms with Gasteiger partial charge in [0.1, 0.15) is 0 Å². The molecule has 0 saturated carbocycles. The lowest BCUT2D eigenvalue weighted by atomic mass is 10.2. The zero-order valence-corrected chi connectivity index (χ0v) is 18.8. The summed E-state index contributed by atoms with van der Waals surface area (Å²) in [7, 11) is 1.67. The molecule has 3 aromatic carbocycles. The van der Waals surface area contributed by atoms with Crippen molar-refractivity contribution in [3.8, 4) is 0 Å². The number of azo groups is 2. The van der Waals surface area contributed by atoms with E-state index in [1.54, 1.807) is 7.11 Å². The molecule has 166 valence electrons. The van der Waals surface area contributed by atoms with Gasteiger partial charge in [-0.2, -0.15) is 20.5 Å². The quantitative estimate of drug-likeness (QED) is 0.368. The molecule has 0 amide bonds. The molecule has 0 aromatic heterocycles. The van der Waals surface area contributed by atoms with Gasteiger partial charge in [0, 0.05) is 25.9 Å². The molecule has 0 atom stereocenters. The number of rotatable bonds is 10. The normalized spacial score (nSPS) is 11.5. The zero-order valence-electron chi connectivity index (χ0n) is 18.8. The van der Waals surface area contributed by atoms with Gasteiger partial charge in [-0.3, -0.25) is 0 Å². The minimum absolute atomic E-state index is 0.0883. The molecular weight excluding hydrogens is 402 g/mol. The van der Waals surface area contributed by atoms with Gasteiger partial charge in [-0.25, -0.2) is 0 Å². The molecule has 0 unspecified atom stereocenters. The Kier molecular flexibility index (Phi) is 8.60. The van der Waals surface area contributed by atoms with Gasteiger partial charge in [0.25, 0.3) is 0 Å². The number of aryl methyl sites for hydroxylation is 2. The van der Waals surface area contributed by atoms with E-state index in [-0.39, 0.29) is 6.61 Å². The molecule has 32 heavy (non-hydrogen) atoms. The van der Waals surface area contributed by atoms with Gasteiger partial charge in [-0.15, -0.1) is 0 Å². The average molecular weight is 432 g/mol. The third-order valence-corrected chi connectivity index (χ3v) is 4.99. The van der Waals surface area contributed by atoms with Crippen LogP contribution < -0.4 is 4.90 Å². The maximum absolute atomic E-state index is 9.28. The first-order chi connectivity index (χ1) is 15.6. The Labute approximate surface area is 189 Å². The number of methoxy groups -OCH3 is 1. The summed E-state index contributed by atoms with van der Waals surface area (Å²) in [5.41, 5.74) is 6.24. The minimum Gasteiger partial charge on any atom is -0.395 e. The number of hydrogen-bond acceptors (Lipinski definition) is 7. The Bertz CT molecular complexity index is 1060. The van der Waals surface area contributed by atoms with Gasteiger partial charge in [-0.05, 0) is 73.5 Å². The first kappa shape index (κ1) is 23.2. The van der Waals surface area contributed by atoms with Crippen molar-refractivity contribution in [3.05, 3.63) is 77.9 Å². The van der Waals surface area contributed by atoms with Crippen LogP contribution in [0.5, 0.6) is 0 Å². The topological polar surface area (TPSA) is 82.1 Å². The van der Waals surface area contributed by atoms with Crippen LogP contribution in [0.2, 0.25) is 0 Å². The van der Waals surface area contributed by atoms with E-state index in [2.05, 4.69) is 25.4 Å². The predicted octanol–water partition coefficient (Wildman–Crippen LogP) is 6.58. The van der Waals surface area contributed by atoms with E-state index in [1.165, 1.54) is 0 Å². The van der Waals surface area contributed by atoms with Crippen LogP contribution in [0.3, 0.4) is 0 Å².